The highest BCUT2D eigenvalue weighted by Crippen LogP contribution is 1.99. The van der Waals surface area contributed by atoms with Crippen molar-refractivity contribution in [2.75, 3.05) is 6.54 Å². The Labute approximate surface area is 69.5 Å². The predicted octanol–water partition coefficient (Wildman–Crippen LogP) is 1.53. The summed E-state index contributed by atoms with van der Waals surface area (Å²) in [6, 6.07) is 0. The molecule has 0 N–H and O–H groups in total. The van der Waals surface area contributed by atoms with Gasteiger partial charge in [0.1, 0.15) is 0 Å². The van der Waals surface area contributed by atoms with Crippen LogP contribution < -0.4 is 0 Å². The molecule has 0 aliphatic carbocycles. The molecule has 0 heterocycles. The van der Waals surface area contributed by atoms with Gasteiger partial charge in [0.2, 0.25) is 5.91 Å². The molecule has 0 saturated heterocycles. The van der Waals surface area contributed by atoms with Crippen LogP contribution in [-0.4, -0.2) is 17.1 Å². The molecule has 0 aromatic heterocycles. The lowest BCUT2D eigenvalue weighted by Crippen LogP contribution is -2.17. The molecule has 0 aromatic carbocycles. The molecule has 60 valence electrons. The van der Waals surface area contributed by atoms with E-state index < -0.39 is 0 Å². The van der Waals surface area contributed by atoms with Crippen molar-refractivity contribution >= 4 is 15.3 Å². The first kappa shape index (κ1) is 10.1. The van der Waals surface area contributed by atoms with E-state index in [0.29, 0.717) is 6.54 Å². The van der Waals surface area contributed by atoms with E-state index in [1.165, 1.54) is 10.7 Å². The Kier molecular flexibility index (Phi) is 5.40. The molecule has 0 rings (SSSR count). The fourth-order valence-electron chi connectivity index (χ4n) is 0.478. The van der Waals surface area contributed by atoms with E-state index in [-0.39, 0.29) is 5.91 Å². The summed E-state index contributed by atoms with van der Waals surface area (Å²) in [7, 11) is 2.32. The number of nitrogens with zero attached hydrogens (tertiary/aromatic N) is 1. The zero-order chi connectivity index (χ0) is 8.69. The number of amides is 1. The maximum Gasteiger partial charge on any atom is 0.249 e. The first-order valence-corrected chi connectivity index (χ1v) is 3.70. The number of carbonyl (C=O) groups excluding carboxylic acids is 1. The third-order valence-corrected chi connectivity index (χ3v) is 1.50. The van der Waals surface area contributed by atoms with E-state index >= 15 is 0 Å². The first-order valence-electron chi connectivity index (χ1n) is 3.18. The van der Waals surface area contributed by atoms with Crippen molar-refractivity contribution in [1.29, 1.82) is 0 Å². The number of hydrogen-bond acceptors (Lipinski definition) is 1. The Bertz CT molecular complexity index is 187. The third-order valence-electron chi connectivity index (χ3n) is 1.03. The number of carbonyl (C=O) groups is 1. The molecular formula is C8H12NOP. The molecule has 0 radical (unpaired) electrons. The second-order valence-electron chi connectivity index (χ2n) is 1.86. The van der Waals surface area contributed by atoms with E-state index in [2.05, 4.69) is 22.5 Å². The molecule has 0 saturated carbocycles. The summed E-state index contributed by atoms with van der Waals surface area (Å²) in [6.07, 6.45) is 6.56. The second-order valence-corrected chi connectivity index (χ2v) is 2.48. The maximum atomic E-state index is 10.8. The van der Waals surface area contributed by atoms with Gasteiger partial charge in [0.05, 0.1) is 0 Å². The Morgan fingerprint density at radius 2 is 2.18 bits per heavy atom. The highest BCUT2D eigenvalue weighted by atomic mass is 31.0. The molecule has 1 atom stereocenters. The summed E-state index contributed by atoms with van der Waals surface area (Å²) in [5.41, 5.74) is 0. The molecule has 0 aliphatic rings. The average molecular weight is 169 g/mol. The fraction of sp³-hybridized carbons (Fsp3) is 0.125. The summed E-state index contributed by atoms with van der Waals surface area (Å²) in [6.45, 7) is 7.42. The van der Waals surface area contributed by atoms with E-state index in [4.69, 9.17) is 0 Å². The molecule has 0 aliphatic heterocycles. The molecule has 11 heavy (non-hydrogen) atoms. The average Bonchev–Trinajstić information content (AvgIpc) is 2.03. The van der Waals surface area contributed by atoms with E-state index in [9.17, 15) is 4.79 Å². The summed E-state index contributed by atoms with van der Waals surface area (Å²) < 4.78 is 1.48. The fourth-order valence-corrected chi connectivity index (χ4v) is 0.705. The van der Waals surface area contributed by atoms with Gasteiger partial charge in [-0.25, -0.2) is 0 Å². The van der Waals surface area contributed by atoms with Crippen LogP contribution >= 0.6 is 9.39 Å². The van der Waals surface area contributed by atoms with Crippen molar-refractivity contribution < 1.29 is 4.79 Å². The van der Waals surface area contributed by atoms with E-state index in [1.807, 2.05) is 6.08 Å². The molecule has 0 bridgehead atoms. The predicted molar refractivity (Wildman–Crippen MR) is 51.0 cm³/mol. The van der Waals surface area contributed by atoms with Crippen molar-refractivity contribution in [1.82, 2.24) is 4.67 Å². The van der Waals surface area contributed by atoms with Crippen molar-refractivity contribution in [3.05, 3.63) is 37.5 Å². The Hall–Kier alpha value is -0.880. The van der Waals surface area contributed by atoms with E-state index in [1.54, 1.807) is 12.2 Å². The van der Waals surface area contributed by atoms with Crippen LogP contribution in [0.4, 0.5) is 0 Å². The van der Waals surface area contributed by atoms with Gasteiger partial charge in [-0.1, -0.05) is 31.4 Å². The van der Waals surface area contributed by atoms with Crippen molar-refractivity contribution in [3.63, 3.8) is 0 Å². The van der Waals surface area contributed by atoms with Crippen molar-refractivity contribution in [2.24, 2.45) is 0 Å². The van der Waals surface area contributed by atoms with Crippen LogP contribution in [0.15, 0.2) is 37.5 Å². The normalized spacial score (nSPS) is 9.55. The molecule has 0 spiro atoms. The standard InChI is InChI=1S/C8H12NOP/c1-3-5-6-7-9(11)8(10)4-2/h3-6H,1-2,7,11H2/b6-5+. The molecular weight excluding hydrogens is 157 g/mol. The molecule has 1 unspecified atom stereocenters. The topological polar surface area (TPSA) is 20.3 Å². The van der Waals surface area contributed by atoms with Gasteiger partial charge in [-0.2, -0.15) is 0 Å². The van der Waals surface area contributed by atoms with Gasteiger partial charge in [0.15, 0.2) is 0 Å². The van der Waals surface area contributed by atoms with Crippen LogP contribution in [0.5, 0.6) is 0 Å². The minimum atomic E-state index is -0.108. The molecule has 0 fully saturated rings. The first-order chi connectivity index (χ1) is 5.22. The SMILES string of the molecule is C=C/C=C/CN(P)C(=O)C=C. The molecule has 1 amide bonds. The van der Waals surface area contributed by atoms with Crippen LogP contribution in [0.2, 0.25) is 0 Å². The van der Waals surface area contributed by atoms with Crippen LogP contribution in [0.3, 0.4) is 0 Å². The lowest BCUT2D eigenvalue weighted by Gasteiger charge is -2.10. The minimum Gasteiger partial charge on any atom is -0.320 e. The van der Waals surface area contributed by atoms with Crippen molar-refractivity contribution in [3.8, 4) is 0 Å². The Balaban J connectivity index is 3.76. The third kappa shape index (κ3) is 4.51. The Morgan fingerprint density at radius 1 is 1.55 bits per heavy atom. The van der Waals surface area contributed by atoms with Gasteiger partial charge in [0, 0.05) is 6.54 Å². The van der Waals surface area contributed by atoms with Crippen LogP contribution in [0.25, 0.3) is 0 Å². The van der Waals surface area contributed by atoms with Gasteiger partial charge >= 0.3 is 0 Å². The van der Waals surface area contributed by atoms with Crippen LogP contribution in [0, 0.1) is 0 Å². The summed E-state index contributed by atoms with van der Waals surface area (Å²) >= 11 is 0. The summed E-state index contributed by atoms with van der Waals surface area (Å²) in [5, 5.41) is 0. The smallest absolute Gasteiger partial charge is 0.249 e. The quantitative estimate of drug-likeness (QED) is 0.355. The molecule has 2 nitrogen and oxygen atoms in total. The monoisotopic (exact) mass is 169 g/mol. The largest absolute Gasteiger partial charge is 0.320 e. The van der Waals surface area contributed by atoms with Crippen LogP contribution in [0.1, 0.15) is 0 Å². The summed E-state index contributed by atoms with van der Waals surface area (Å²) in [4.78, 5) is 10.8. The number of allylic oxidation sites excluding steroid dienone is 2. The van der Waals surface area contributed by atoms with Gasteiger partial charge in [0.25, 0.3) is 0 Å². The van der Waals surface area contributed by atoms with Crippen LogP contribution in [-0.2, 0) is 4.79 Å². The Morgan fingerprint density at radius 3 is 2.64 bits per heavy atom. The van der Waals surface area contributed by atoms with Crippen molar-refractivity contribution in [2.45, 2.75) is 0 Å². The van der Waals surface area contributed by atoms with E-state index in [0.717, 1.165) is 0 Å². The highest BCUT2D eigenvalue weighted by molar-refractivity contribution is 7.14. The maximum absolute atomic E-state index is 10.8. The lowest BCUT2D eigenvalue weighted by atomic mass is 10.4. The minimum absolute atomic E-state index is 0.108. The number of rotatable bonds is 4. The second kappa shape index (κ2) is 5.87. The molecule has 3 heteroatoms. The summed E-state index contributed by atoms with van der Waals surface area (Å²) in [5.74, 6) is -0.108. The molecule has 0 aromatic rings. The van der Waals surface area contributed by atoms with Gasteiger partial charge in [-0.15, -0.1) is 0 Å². The van der Waals surface area contributed by atoms with Gasteiger partial charge in [-0.3, -0.25) is 4.79 Å². The lowest BCUT2D eigenvalue weighted by molar-refractivity contribution is -0.120. The number of hydrogen-bond donors (Lipinski definition) is 0. The highest BCUT2D eigenvalue weighted by Gasteiger charge is 1.99. The van der Waals surface area contributed by atoms with Gasteiger partial charge in [-0.05, 0) is 15.5 Å². The zero-order valence-electron chi connectivity index (χ0n) is 6.36. The van der Waals surface area contributed by atoms with Gasteiger partial charge < -0.3 is 4.67 Å². The zero-order valence-corrected chi connectivity index (χ0v) is 7.52.